The molecule has 1 aliphatic heterocycles. The molecule has 132 valence electrons. The van der Waals surface area contributed by atoms with Crippen molar-refractivity contribution in [3.8, 4) is 0 Å². The molecule has 1 aliphatic rings. The van der Waals surface area contributed by atoms with Crippen molar-refractivity contribution in [2.45, 2.75) is 29.0 Å². The van der Waals surface area contributed by atoms with Gasteiger partial charge in [0.15, 0.2) is 0 Å². The Kier molecular flexibility index (Phi) is 5.85. The monoisotopic (exact) mass is 382 g/mol. The second kappa shape index (κ2) is 7.16. The van der Waals surface area contributed by atoms with Crippen LogP contribution in [0.25, 0.3) is 0 Å². The van der Waals surface area contributed by atoms with Crippen molar-refractivity contribution >= 4 is 31.4 Å². The van der Waals surface area contributed by atoms with Crippen molar-refractivity contribution < 1.29 is 21.6 Å². The Morgan fingerprint density at radius 2 is 1.96 bits per heavy atom. The molecule has 10 heteroatoms. The highest BCUT2D eigenvalue weighted by molar-refractivity contribution is 7.91. The van der Waals surface area contributed by atoms with Crippen LogP contribution in [-0.4, -0.2) is 59.7 Å². The van der Waals surface area contributed by atoms with E-state index in [1.54, 1.807) is 24.6 Å². The zero-order valence-electron chi connectivity index (χ0n) is 13.2. The number of sulfonamides is 2. The van der Waals surface area contributed by atoms with Gasteiger partial charge in [0, 0.05) is 32.3 Å². The minimum atomic E-state index is -3.49. The first-order valence-corrected chi connectivity index (χ1v) is 11.4. The quantitative estimate of drug-likeness (QED) is 0.755. The van der Waals surface area contributed by atoms with Crippen LogP contribution in [0.3, 0.4) is 0 Å². The van der Waals surface area contributed by atoms with E-state index in [1.807, 2.05) is 0 Å². The van der Waals surface area contributed by atoms with Gasteiger partial charge >= 0.3 is 0 Å². The van der Waals surface area contributed by atoms with Crippen molar-refractivity contribution in [3.05, 3.63) is 17.5 Å². The maximum Gasteiger partial charge on any atom is 0.252 e. The number of methoxy groups -OCH3 is 1. The molecule has 1 aromatic rings. The Bertz CT molecular complexity index is 705. The smallest absolute Gasteiger partial charge is 0.252 e. The van der Waals surface area contributed by atoms with Crippen molar-refractivity contribution in [3.63, 3.8) is 0 Å². The van der Waals surface area contributed by atoms with Crippen LogP contribution in [0.1, 0.15) is 19.3 Å². The van der Waals surface area contributed by atoms with Gasteiger partial charge in [0.2, 0.25) is 10.0 Å². The summed E-state index contributed by atoms with van der Waals surface area (Å²) < 4.78 is 57.9. The molecule has 0 bridgehead atoms. The van der Waals surface area contributed by atoms with Gasteiger partial charge < -0.3 is 4.74 Å². The second-order valence-corrected chi connectivity index (χ2v) is 10.6. The molecule has 23 heavy (non-hydrogen) atoms. The Labute approximate surface area is 141 Å². The molecule has 0 radical (unpaired) electrons. The predicted molar refractivity (Wildman–Crippen MR) is 89.5 cm³/mol. The first kappa shape index (κ1) is 18.8. The van der Waals surface area contributed by atoms with Crippen LogP contribution in [0.2, 0.25) is 0 Å². The van der Waals surface area contributed by atoms with Gasteiger partial charge in [0.25, 0.3) is 10.0 Å². The molecule has 0 spiro atoms. The van der Waals surface area contributed by atoms with Gasteiger partial charge in [0.05, 0.1) is 6.26 Å². The average Bonchev–Trinajstić information content (AvgIpc) is 2.99. The predicted octanol–water partition coefficient (Wildman–Crippen LogP) is 0.857. The summed E-state index contributed by atoms with van der Waals surface area (Å²) in [6, 6.07) is 3.29. The molecule has 1 aromatic heterocycles. The SMILES string of the molecule is COCCC1(NS(C)(=O)=O)CCN(S(=O)(=O)c2cccs2)CC1. The topological polar surface area (TPSA) is 92.8 Å². The first-order chi connectivity index (χ1) is 10.7. The number of thiophene rings is 1. The van der Waals surface area contributed by atoms with E-state index in [9.17, 15) is 16.8 Å². The molecule has 2 rings (SSSR count). The van der Waals surface area contributed by atoms with Crippen LogP contribution in [-0.2, 0) is 24.8 Å². The lowest BCUT2D eigenvalue weighted by Crippen LogP contribution is -2.56. The Morgan fingerprint density at radius 1 is 1.30 bits per heavy atom. The summed E-state index contributed by atoms with van der Waals surface area (Å²) in [5, 5.41) is 1.73. The van der Waals surface area contributed by atoms with Crippen molar-refractivity contribution in [2.75, 3.05) is 33.1 Å². The molecule has 7 nitrogen and oxygen atoms in total. The summed E-state index contributed by atoms with van der Waals surface area (Å²) in [4.78, 5) is 0. The molecule has 0 aromatic carbocycles. The van der Waals surface area contributed by atoms with Gasteiger partial charge in [0.1, 0.15) is 4.21 Å². The molecule has 1 fully saturated rings. The van der Waals surface area contributed by atoms with E-state index < -0.39 is 25.6 Å². The summed E-state index contributed by atoms with van der Waals surface area (Å²) >= 11 is 1.19. The maximum atomic E-state index is 12.5. The highest BCUT2D eigenvalue weighted by Crippen LogP contribution is 2.31. The normalized spacial score (nSPS) is 19.7. The van der Waals surface area contributed by atoms with E-state index in [-0.39, 0.29) is 13.1 Å². The highest BCUT2D eigenvalue weighted by atomic mass is 32.2. The van der Waals surface area contributed by atoms with Gasteiger partial charge in [-0.3, -0.25) is 0 Å². The number of ether oxygens (including phenoxy) is 1. The van der Waals surface area contributed by atoms with Crippen LogP contribution in [0.4, 0.5) is 0 Å². The van der Waals surface area contributed by atoms with E-state index in [0.29, 0.717) is 30.1 Å². The number of rotatable bonds is 7. The maximum absolute atomic E-state index is 12.5. The molecule has 0 saturated carbocycles. The number of piperidine rings is 1. The third kappa shape index (κ3) is 4.74. The molecule has 0 aliphatic carbocycles. The van der Waals surface area contributed by atoms with Crippen LogP contribution in [0.5, 0.6) is 0 Å². The third-order valence-electron chi connectivity index (χ3n) is 3.96. The van der Waals surface area contributed by atoms with Crippen molar-refractivity contribution in [2.24, 2.45) is 0 Å². The van der Waals surface area contributed by atoms with Crippen LogP contribution in [0.15, 0.2) is 21.7 Å². The van der Waals surface area contributed by atoms with Gasteiger partial charge in [-0.2, -0.15) is 4.31 Å². The minimum absolute atomic E-state index is 0.284. The van der Waals surface area contributed by atoms with E-state index >= 15 is 0 Å². The standard InChI is InChI=1S/C13H22N2O5S3/c1-20-10-7-13(14-22(2,16)17)5-8-15(9-6-13)23(18,19)12-4-3-11-21-12/h3-4,11,14H,5-10H2,1-2H3. The zero-order chi connectivity index (χ0) is 17.1. The number of nitrogens with one attached hydrogen (secondary N) is 1. The molecule has 2 heterocycles. The van der Waals surface area contributed by atoms with Crippen LogP contribution in [0, 0.1) is 0 Å². The fourth-order valence-electron chi connectivity index (χ4n) is 2.79. The largest absolute Gasteiger partial charge is 0.385 e. The lowest BCUT2D eigenvalue weighted by atomic mass is 9.86. The van der Waals surface area contributed by atoms with Gasteiger partial charge in [-0.05, 0) is 30.7 Å². The molecule has 1 saturated heterocycles. The summed E-state index contributed by atoms with van der Waals surface area (Å²) in [5.74, 6) is 0. The van der Waals surface area contributed by atoms with Crippen LogP contribution < -0.4 is 4.72 Å². The summed E-state index contributed by atoms with van der Waals surface area (Å²) in [6.07, 6.45) is 2.49. The summed E-state index contributed by atoms with van der Waals surface area (Å²) in [5.41, 5.74) is -0.648. The Balaban J connectivity index is 2.13. The molecular formula is C13H22N2O5S3. The highest BCUT2D eigenvalue weighted by Gasteiger charge is 2.40. The number of hydrogen-bond acceptors (Lipinski definition) is 6. The van der Waals surface area contributed by atoms with Gasteiger partial charge in [-0.25, -0.2) is 21.6 Å². The lowest BCUT2D eigenvalue weighted by molar-refractivity contribution is 0.132. The van der Waals surface area contributed by atoms with E-state index in [1.165, 1.54) is 15.6 Å². The van der Waals surface area contributed by atoms with Gasteiger partial charge in [-0.1, -0.05) is 6.07 Å². The molecule has 0 unspecified atom stereocenters. The van der Waals surface area contributed by atoms with E-state index in [2.05, 4.69) is 4.72 Å². The molecule has 0 atom stereocenters. The fourth-order valence-corrected chi connectivity index (χ4v) is 6.46. The Morgan fingerprint density at radius 3 is 2.43 bits per heavy atom. The molecular weight excluding hydrogens is 360 g/mol. The summed E-state index contributed by atoms with van der Waals surface area (Å²) in [6.45, 7) is 0.985. The Hall–Kier alpha value is -0.520. The molecule has 0 amide bonds. The number of nitrogens with zero attached hydrogens (tertiary/aromatic N) is 1. The second-order valence-electron chi connectivity index (χ2n) is 5.73. The zero-order valence-corrected chi connectivity index (χ0v) is 15.6. The van der Waals surface area contributed by atoms with E-state index in [4.69, 9.17) is 4.74 Å². The number of hydrogen-bond donors (Lipinski definition) is 1. The fraction of sp³-hybridized carbons (Fsp3) is 0.692. The lowest BCUT2D eigenvalue weighted by Gasteiger charge is -2.41. The van der Waals surface area contributed by atoms with Crippen molar-refractivity contribution in [1.29, 1.82) is 0 Å². The van der Waals surface area contributed by atoms with Gasteiger partial charge in [-0.15, -0.1) is 11.3 Å². The van der Waals surface area contributed by atoms with Crippen LogP contribution >= 0.6 is 11.3 Å². The minimum Gasteiger partial charge on any atom is -0.385 e. The first-order valence-electron chi connectivity index (χ1n) is 7.20. The van der Waals surface area contributed by atoms with Crippen molar-refractivity contribution in [1.82, 2.24) is 9.03 Å². The molecule has 1 N–H and O–H groups in total. The van der Waals surface area contributed by atoms with E-state index in [0.717, 1.165) is 6.26 Å². The summed E-state index contributed by atoms with van der Waals surface area (Å²) in [7, 11) is -5.31. The third-order valence-corrected chi connectivity index (χ3v) is 8.03. The average molecular weight is 383 g/mol.